The number of nitrogen functional groups attached to an aromatic ring is 1. The summed E-state index contributed by atoms with van der Waals surface area (Å²) in [5.41, 5.74) is 11.3. The van der Waals surface area contributed by atoms with Crippen molar-refractivity contribution in [3.63, 3.8) is 0 Å². The maximum absolute atomic E-state index is 10.5. The van der Waals surface area contributed by atoms with E-state index in [2.05, 4.69) is 27.2 Å². The first-order valence-corrected chi connectivity index (χ1v) is 9.77. The number of anilines is 1. The van der Waals surface area contributed by atoms with E-state index in [0.29, 0.717) is 48.6 Å². The molecule has 2 aromatic heterocycles. The highest BCUT2D eigenvalue weighted by Crippen LogP contribution is 2.19. The van der Waals surface area contributed by atoms with Crippen LogP contribution >= 0.6 is 0 Å². The lowest BCUT2D eigenvalue weighted by atomic mass is 10.1. The Kier molecular flexibility index (Phi) is 6.44. The maximum atomic E-state index is 10.5. The van der Waals surface area contributed by atoms with E-state index in [4.69, 9.17) is 25.6 Å². The minimum Gasteiger partial charge on any atom is -0.489 e. The Labute approximate surface area is 174 Å². The van der Waals surface area contributed by atoms with Gasteiger partial charge in [-0.05, 0) is 37.2 Å². The minimum atomic E-state index is -1.32. The Morgan fingerprint density at radius 3 is 2.77 bits per heavy atom. The first-order chi connectivity index (χ1) is 14.3. The maximum Gasteiger partial charge on any atom is 0.199 e. The summed E-state index contributed by atoms with van der Waals surface area (Å²) in [4.78, 5) is 4.62. The topological polar surface area (TPSA) is 160 Å². The second kappa shape index (κ2) is 8.86. The van der Waals surface area contributed by atoms with Crippen molar-refractivity contribution >= 4 is 17.3 Å². The van der Waals surface area contributed by atoms with Crippen LogP contribution in [-0.4, -0.2) is 63.0 Å². The van der Waals surface area contributed by atoms with Crippen LogP contribution in [0.4, 0.5) is 5.82 Å². The average Bonchev–Trinajstić information content (AvgIpc) is 3.31. The molecule has 6 N–H and O–H groups in total. The Morgan fingerprint density at radius 1 is 1.47 bits per heavy atom. The summed E-state index contributed by atoms with van der Waals surface area (Å²) in [6.07, 6.45) is 1.48. The normalized spacial score (nSPS) is 19.4. The summed E-state index contributed by atoms with van der Waals surface area (Å²) in [5, 5.41) is 22.2. The number of nitrogens with zero attached hydrogens (tertiary/aromatic N) is 4. The zero-order valence-electron chi connectivity index (χ0n) is 17.5. The predicted molar refractivity (Wildman–Crippen MR) is 111 cm³/mol. The lowest BCUT2D eigenvalue weighted by molar-refractivity contribution is -0.00622. The molecule has 164 valence electrons. The van der Waals surface area contributed by atoms with E-state index >= 15 is 0 Å². The van der Waals surface area contributed by atoms with Gasteiger partial charge in [0, 0.05) is 19.6 Å². The number of nitrogens with two attached hydrogens (primary N) is 2. The van der Waals surface area contributed by atoms with Crippen LogP contribution in [0.5, 0.6) is 0 Å². The highest BCUT2D eigenvalue weighted by atomic mass is 16.6. The molecule has 0 unspecified atom stereocenters. The highest BCUT2D eigenvalue weighted by Gasteiger charge is 2.24. The zero-order chi connectivity index (χ0) is 21.9. The van der Waals surface area contributed by atoms with Crippen molar-refractivity contribution in [1.82, 2.24) is 25.2 Å². The van der Waals surface area contributed by atoms with E-state index in [1.54, 1.807) is 19.9 Å². The fraction of sp³-hybridized carbons (Fsp3) is 0.526. The summed E-state index contributed by atoms with van der Waals surface area (Å²) in [7, 11) is 0. The fourth-order valence-corrected chi connectivity index (χ4v) is 3.15. The molecule has 0 aromatic carbocycles. The molecule has 0 amide bonds. The number of hydrogen-bond donors (Lipinski definition) is 4. The van der Waals surface area contributed by atoms with Gasteiger partial charge < -0.3 is 35.9 Å². The number of aromatic nitrogens is 4. The van der Waals surface area contributed by atoms with Gasteiger partial charge in [-0.2, -0.15) is 0 Å². The third-order valence-electron chi connectivity index (χ3n) is 4.77. The summed E-state index contributed by atoms with van der Waals surface area (Å²) >= 11 is 0. The van der Waals surface area contributed by atoms with E-state index in [1.807, 2.05) is 11.5 Å². The van der Waals surface area contributed by atoms with Gasteiger partial charge >= 0.3 is 0 Å². The van der Waals surface area contributed by atoms with E-state index in [-0.39, 0.29) is 23.3 Å². The first kappa shape index (κ1) is 21.8. The number of imidazole rings is 1. The van der Waals surface area contributed by atoms with Gasteiger partial charge in [0.15, 0.2) is 17.3 Å². The van der Waals surface area contributed by atoms with Crippen molar-refractivity contribution in [2.24, 2.45) is 5.73 Å². The smallest absolute Gasteiger partial charge is 0.199 e. The van der Waals surface area contributed by atoms with Crippen molar-refractivity contribution in [1.29, 1.82) is 0 Å². The molecule has 11 nitrogen and oxygen atoms in total. The van der Waals surface area contributed by atoms with Gasteiger partial charge in [0.25, 0.3) is 0 Å². The van der Waals surface area contributed by atoms with Crippen LogP contribution in [0, 0.1) is 0 Å². The largest absolute Gasteiger partial charge is 0.489 e. The number of rotatable bonds is 7. The molecular weight excluding hydrogens is 390 g/mol. The van der Waals surface area contributed by atoms with E-state index in [0.717, 1.165) is 6.54 Å². The van der Waals surface area contributed by atoms with Crippen LogP contribution < -0.4 is 27.5 Å². The number of aliphatic hydroxyl groups is 1. The van der Waals surface area contributed by atoms with Crippen LogP contribution in [0.1, 0.15) is 20.8 Å². The average molecular weight is 419 g/mol. The van der Waals surface area contributed by atoms with E-state index in [9.17, 15) is 5.11 Å². The molecule has 30 heavy (non-hydrogen) atoms. The zero-order valence-corrected chi connectivity index (χ0v) is 17.5. The van der Waals surface area contributed by atoms with Crippen LogP contribution in [0.2, 0.25) is 0 Å². The monoisotopic (exact) mass is 419 g/mol. The molecule has 0 saturated carbocycles. The summed E-state index contributed by atoms with van der Waals surface area (Å²) in [5.74, 6) is 0.936. The van der Waals surface area contributed by atoms with Gasteiger partial charge in [0.05, 0.1) is 12.3 Å². The number of nitrogens with one attached hydrogen (secondary N) is 1. The van der Waals surface area contributed by atoms with Gasteiger partial charge in [0.1, 0.15) is 34.8 Å². The summed E-state index contributed by atoms with van der Waals surface area (Å²) in [6, 6.07) is 0. The molecule has 3 rings (SSSR count). The van der Waals surface area contributed by atoms with Gasteiger partial charge in [-0.3, -0.25) is 0 Å². The van der Waals surface area contributed by atoms with E-state index in [1.165, 1.54) is 0 Å². The molecular formula is C19H29N7O4. The Morgan fingerprint density at radius 2 is 2.23 bits per heavy atom. The molecule has 0 radical (unpaired) electrons. The molecule has 0 aliphatic carbocycles. The summed E-state index contributed by atoms with van der Waals surface area (Å²) in [6.45, 7) is 11.9. The molecule has 1 fully saturated rings. The molecule has 0 bridgehead atoms. The van der Waals surface area contributed by atoms with Crippen molar-refractivity contribution in [2.45, 2.75) is 39.0 Å². The van der Waals surface area contributed by atoms with Crippen LogP contribution in [0.15, 0.2) is 17.3 Å². The molecule has 1 aliphatic rings. The Bertz CT molecular complexity index is 1010. The second-order valence-electron chi connectivity index (χ2n) is 7.42. The predicted octanol–water partition coefficient (Wildman–Crippen LogP) is -1.33. The second-order valence-corrected chi connectivity index (χ2v) is 7.42. The standard InChI is InChI=1S/C19H29N7O4/c1-5-12(29-10-11-9-22-7-8-28-11)15-13(16(20)19(3,4)27)23-18(26(15)6-2)14-17(21)25-30-24-14/h5,11,22,27H,1,6-10,20H2,2-4H3,(H2,21,25)/b15-12-,16-13+/t11-/m0/s1. The van der Waals surface area contributed by atoms with E-state index < -0.39 is 5.60 Å². The number of hydrogen-bond acceptors (Lipinski definition) is 10. The van der Waals surface area contributed by atoms with Crippen molar-refractivity contribution in [3.05, 3.63) is 23.4 Å². The van der Waals surface area contributed by atoms with Crippen LogP contribution in [0.25, 0.3) is 23.0 Å². The fourth-order valence-electron chi connectivity index (χ4n) is 3.15. The first-order valence-electron chi connectivity index (χ1n) is 9.77. The lowest BCUT2D eigenvalue weighted by Gasteiger charge is -2.24. The van der Waals surface area contributed by atoms with Crippen molar-refractivity contribution in [2.75, 3.05) is 32.0 Å². The van der Waals surface area contributed by atoms with Gasteiger partial charge in [-0.1, -0.05) is 6.58 Å². The molecule has 1 saturated heterocycles. The Balaban J connectivity index is 2.24. The number of morpholine rings is 1. The molecule has 0 spiro atoms. The van der Waals surface area contributed by atoms with Crippen molar-refractivity contribution < 1.29 is 19.2 Å². The quantitative estimate of drug-likeness (QED) is 0.423. The molecule has 1 aliphatic heterocycles. The third-order valence-corrected chi connectivity index (χ3v) is 4.77. The van der Waals surface area contributed by atoms with Gasteiger partial charge in [-0.15, -0.1) is 0 Å². The van der Waals surface area contributed by atoms with Crippen LogP contribution in [0.3, 0.4) is 0 Å². The lowest BCUT2D eigenvalue weighted by Crippen LogP contribution is -2.43. The molecule has 1 atom stereocenters. The highest BCUT2D eigenvalue weighted by molar-refractivity contribution is 5.64. The molecule has 3 heterocycles. The molecule has 2 aromatic rings. The van der Waals surface area contributed by atoms with Gasteiger partial charge in [0.2, 0.25) is 0 Å². The molecule has 11 heteroatoms. The third kappa shape index (κ3) is 4.32. The van der Waals surface area contributed by atoms with Gasteiger partial charge in [-0.25, -0.2) is 9.61 Å². The summed E-state index contributed by atoms with van der Waals surface area (Å²) < 4.78 is 18.3. The number of ether oxygens (including phenoxy) is 2. The van der Waals surface area contributed by atoms with Crippen LogP contribution in [-0.2, 0) is 16.0 Å². The Hall–Kier alpha value is -2.89. The van der Waals surface area contributed by atoms with Crippen molar-refractivity contribution in [3.8, 4) is 11.5 Å². The SMILES string of the molecule is C=C/C(OC[C@@H]1CNCCO1)=c1\c(=C(/N)C(C)(C)O)nc(-c2nonc2N)n1CC. The minimum absolute atomic E-state index is 0.0948.